The maximum atomic E-state index is 14.2. The van der Waals surface area contributed by atoms with E-state index in [-0.39, 0.29) is 50.4 Å². The van der Waals surface area contributed by atoms with Crippen LogP contribution in [0.4, 0.5) is 39.9 Å². The van der Waals surface area contributed by atoms with Crippen LogP contribution in [0.15, 0.2) is 24.3 Å². The molecule has 0 bridgehead atoms. The van der Waals surface area contributed by atoms with Crippen molar-refractivity contribution in [2.45, 2.75) is 228 Å². The van der Waals surface area contributed by atoms with Crippen molar-refractivity contribution >= 4 is 33.6 Å². The van der Waals surface area contributed by atoms with Gasteiger partial charge in [-0.05, 0) is 73.9 Å². The molecule has 6 heterocycles. The number of piperidine rings is 6. The molecule has 2 unspecified atom stereocenters. The summed E-state index contributed by atoms with van der Waals surface area (Å²) in [5.41, 5.74) is 0.973. The molecule has 0 spiro atoms. The second kappa shape index (κ2) is 47.0. The second-order valence-corrected chi connectivity index (χ2v) is 31.4. The molecule has 0 radical (unpaired) electrons. The van der Waals surface area contributed by atoms with E-state index in [9.17, 15) is 115 Å². The van der Waals surface area contributed by atoms with Gasteiger partial charge in [-0.15, -0.1) is 0 Å². The third-order valence-corrected chi connectivity index (χ3v) is 22.9. The van der Waals surface area contributed by atoms with Crippen LogP contribution in [0.2, 0.25) is 0 Å². The summed E-state index contributed by atoms with van der Waals surface area (Å²) in [5, 5.41) is 140. The van der Waals surface area contributed by atoms with E-state index in [1.165, 1.54) is 82.5 Å². The van der Waals surface area contributed by atoms with Crippen LogP contribution >= 0.6 is 12.2 Å². The summed E-state index contributed by atoms with van der Waals surface area (Å²) in [7, 11) is -1.32. The lowest BCUT2D eigenvalue weighted by Gasteiger charge is -2.40. The highest BCUT2D eigenvalue weighted by molar-refractivity contribution is 7.86. The van der Waals surface area contributed by atoms with Crippen LogP contribution in [-0.4, -0.2) is 315 Å². The van der Waals surface area contributed by atoms with E-state index in [4.69, 9.17) is 12.2 Å². The molecule has 1 aromatic carbocycles. The molecule has 6 saturated heterocycles. The molecular formula is C68H121F8N9O16S2. The van der Waals surface area contributed by atoms with Gasteiger partial charge in [0.1, 0.15) is 12.0 Å². The molecule has 2 amide bonds. The van der Waals surface area contributed by atoms with Gasteiger partial charge in [0.25, 0.3) is 10.2 Å². The van der Waals surface area contributed by atoms with Crippen molar-refractivity contribution in [2.24, 2.45) is 47.3 Å². The van der Waals surface area contributed by atoms with E-state index in [1.807, 2.05) is 13.8 Å². The quantitative estimate of drug-likeness (QED) is 0.0530. The van der Waals surface area contributed by atoms with Crippen LogP contribution < -0.4 is 26.6 Å². The van der Waals surface area contributed by atoms with Gasteiger partial charge in [-0.1, -0.05) is 103 Å². The predicted molar refractivity (Wildman–Crippen MR) is 374 cm³/mol. The number of alkyl halides is 7. The van der Waals surface area contributed by atoms with Crippen molar-refractivity contribution in [3.05, 3.63) is 35.6 Å². The van der Waals surface area contributed by atoms with Crippen molar-refractivity contribution in [1.29, 1.82) is 0 Å². The highest BCUT2D eigenvalue weighted by Gasteiger charge is 2.46. The first-order valence-electron chi connectivity index (χ1n) is 36.6. The Bertz CT molecular complexity index is 2520. The first-order valence-corrected chi connectivity index (χ1v) is 38.4. The molecule has 1 aromatic rings. The fourth-order valence-corrected chi connectivity index (χ4v) is 15.5. The molecule has 35 heteroatoms. The fraction of sp³-hybridized carbons (Fsp3) is 0.882. The topological polar surface area (TPSA) is 387 Å². The van der Waals surface area contributed by atoms with Crippen LogP contribution in [0.5, 0.6) is 0 Å². The molecule has 103 heavy (non-hydrogen) atoms. The van der Waals surface area contributed by atoms with Crippen molar-refractivity contribution in [3.63, 3.8) is 0 Å². The summed E-state index contributed by atoms with van der Waals surface area (Å²) in [4.78, 5) is 14.3. The Morgan fingerprint density at radius 1 is 0.524 bits per heavy atom. The molecule has 2 saturated carbocycles. The fourth-order valence-electron chi connectivity index (χ4n) is 14.0. The minimum atomic E-state index is -3.86. The SMILES string of the molecule is CCCCNC(=O)N1C[C@@H](O)[C@H](O)[C@@H](C(F)F)C1.CCCCNC(=S)N1C[C@@H](O)[C@H](O)[C@@H](C(F)F)C1.CN(C)S(=O)(=O)N1C[C@@H](O)[C@H](O)[C@@H](C(F)F)C1.OC(CC1CCCCC1)[C@H]1CNC[C@@H](O)[C@@H]1O.O[C@@H]1[C@@H](Cc2ccc(F)cc2)CNC[C@H]1O.O[C@H]1[C@H](O)CNC[C@@H]1C(F)CC1CCCCC1. The lowest BCUT2D eigenvalue weighted by molar-refractivity contribution is -0.107. The number of rotatable bonds is 19. The zero-order valence-electron chi connectivity index (χ0n) is 59.8. The molecule has 20 atom stereocenters. The number of thiocarbonyl (C=S) groups is 1. The first kappa shape index (κ1) is 92.2. The average Bonchev–Trinajstić information content (AvgIpc) is 0.801. The van der Waals surface area contributed by atoms with Gasteiger partial charge in [0, 0.05) is 117 Å². The minimum Gasteiger partial charge on any atom is -0.393 e. The van der Waals surface area contributed by atoms with Crippen LogP contribution in [0.3, 0.4) is 0 Å². The van der Waals surface area contributed by atoms with E-state index in [0.717, 1.165) is 64.0 Å². The number of hydrogen-bond donors (Lipinski definition) is 18. The number of carbonyl (C=O) groups excluding carboxylic acids is 1. The number of hydrogen-bond acceptors (Lipinski definition) is 20. The standard InChI is InChI=1S/C13H24FNO2.C13H25NO3.C12H16FNO2.C11H20F2N2O3.C11H20F2N2O2S.C8H16F2N2O4S/c14-11(6-9-4-2-1-3-5-9)10-7-15-8-12(16)13(10)17;15-11(6-9-4-2-1-3-5-9)10-7-14-8-12(16)13(10)17;13-10-3-1-8(2-4-10)5-9-6-14-7-11(15)12(9)16;2*1-2-3-4-14-11(18)15-5-7(10(12)13)9(17)8(16)6-15;1-11(2)17(15,16)12-3-5(8(9)10)7(14)6(13)4-12/h9-13,15-17H,1-8H2;9-17H,1-8H2;1-4,9,11-12,14-16H,5-7H2;2*7-10,16-17H,2-6H2,1H3,(H,14,18);5-8,13-14H,3-4H2,1-2H3/t2*10-,11?,12-,13-;9-,11+,12+;2*7-,8+,9+;5-,6+,7+/m110000/s1. The number of carbonyl (C=O) groups is 1. The van der Waals surface area contributed by atoms with Gasteiger partial charge in [0.15, 0.2) is 5.11 Å². The number of nitrogens with zero attached hydrogens (tertiary/aromatic N) is 4. The number of likely N-dealkylation sites (tertiary alicyclic amines) is 2. The summed E-state index contributed by atoms with van der Waals surface area (Å²) in [6, 6.07) is 5.77. The zero-order valence-corrected chi connectivity index (χ0v) is 61.5. The van der Waals surface area contributed by atoms with Gasteiger partial charge in [0.05, 0.1) is 104 Å². The molecule has 0 aromatic heterocycles. The molecule has 25 nitrogen and oxygen atoms in total. The Hall–Kier alpha value is -3.15. The lowest BCUT2D eigenvalue weighted by atomic mass is 9.80. The first-order chi connectivity index (χ1) is 48.6. The Labute approximate surface area is 607 Å². The summed E-state index contributed by atoms with van der Waals surface area (Å²) in [6.07, 6.45) is -5.10. The van der Waals surface area contributed by atoms with Crippen molar-refractivity contribution < 1.29 is 115 Å². The Kier molecular flexibility index (Phi) is 42.1. The van der Waals surface area contributed by atoms with E-state index >= 15 is 0 Å². The van der Waals surface area contributed by atoms with Crippen LogP contribution in [0.1, 0.15) is 122 Å². The summed E-state index contributed by atoms with van der Waals surface area (Å²) in [5.74, 6) is -4.10. The minimum absolute atomic E-state index is 0.0192. The summed E-state index contributed by atoms with van der Waals surface area (Å²) < 4.78 is 128. The van der Waals surface area contributed by atoms with Crippen LogP contribution in [-0.2, 0) is 16.6 Å². The number of aliphatic hydroxyl groups is 13. The summed E-state index contributed by atoms with van der Waals surface area (Å²) in [6.45, 7) is 6.95. The smallest absolute Gasteiger partial charge is 0.317 e. The van der Waals surface area contributed by atoms with E-state index in [0.29, 0.717) is 82.1 Å². The Morgan fingerprint density at radius 3 is 1.42 bits per heavy atom. The van der Waals surface area contributed by atoms with Gasteiger partial charge >= 0.3 is 6.03 Å². The lowest BCUT2D eigenvalue weighted by Crippen LogP contribution is -2.58. The number of benzene rings is 1. The molecule has 8 fully saturated rings. The maximum Gasteiger partial charge on any atom is 0.317 e. The molecule has 18 N–H and O–H groups in total. The number of amides is 2. The van der Waals surface area contributed by atoms with Gasteiger partial charge in [-0.25, -0.2) is 39.9 Å². The Morgan fingerprint density at radius 2 is 0.932 bits per heavy atom. The van der Waals surface area contributed by atoms with E-state index in [1.54, 1.807) is 12.1 Å². The maximum absolute atomic E-state index is 14.2. The normalized spacial score (nSPS) is 32.6. The average molecular weight is 1540 g/mol. The largest absolute Gasteiger partial charge is 0.393 e. The second-order valence-electron chi connectivity index (χ2n) is 28.9. The summed E-state index contributed by atoms with van der Waals surface area (Å²) >= 11 is 5.10. The third kappa shape index (κ3) is 30.3. The van der Waals surface area contributed by atoms with Crippen molar-refractivity contribution in [3.8, 4) is 0 Å². The van der Waals surface area contributed by atoms with Crippen molar-refractivity contribution in [2.75, 3.05) is 106 Å². The third-order valence-electron chi connectivity index (χ3n) is 20.7. The van der Waals surface area contributed by atoms with E-state index in [2.05, 4.69) is 26.6 Å². The zero-order chi connectivity index (χ0) is 76.8. The number of urea groups is 1. The van der Waals surface area contributed by atoms with Crippen LogP contribution in [0.25, 0.3) is 0 Å². The van der Waals surface area contributed by atoms with Crippen LogP contribution in [0, 0.1) is 53.2 Å². The Balaban J connectivity index is 0.000000262. The van der Waals surface area contributed by atoms with Gasteiger partial charge < -0.3 is 103 Å². The molecular weight excluding hydrogens is 1410 g/mol. The number of aliphatic hydroxyl groups excluding tert-OH is 13. The molecule has 6 aliphatic heterocycles. The van der Waals surface area contributed by atoms with Gasteiger partial charge in [-0.2, -0.15) is 17.0 Å². The molecule has 8 aliphatic rings. The highest BCUT2D eigenvalue weighted by atomic mass is 32.2. The van der Waals surface area contributed by atoms with Crippen molar-refractivity contribution in [1.82, 2.24) is 45.0 Å². The number of unbranched alkanes of at least 4 members (excludes halogenated alkanes) is 2. The van der Waals surface area contributed by atoms with Gasteiger partial charge in [-0.3, -0.25) is 0 Å². The number of β-amino-alcohol motifs (C(OH)–C–C–N with tert-alkyl or cyclic N) is 6. The monoisotopic (exact) mass is 1540 g/mol. The number of nitrogens with one attached hydrogen (secondary N) is 5. The highest BCUT2D eigenvalue weighted by Crippen LogP contribution is 2.34. The molecule has 9 rings (SSSR count). The molecule has 602 valence electrons. The van der Waals surface area contributed by atoms with Gasteiger partial charge in [0.2, 0.25) is 19.3 Å². The molecule has 2 aliphatic carbocycles. The number of halogens is 8. The van der Waals surface area contributed by atoms with E-state index < -0.39 is 151 Å². The predicted octanol–water partition coefficient (Wildman–Crippen LogP) is 1.51.